The molecule has 4 rings (SSSR count). The molecule has 3 fully saturated rings. The van der Waals surface area contributed by atoms with E-state index in [9.17, 15) is 0 Å². The van der Waals surface area contributed by atoms with Gasteiger partial charge < -0.3 is 5.32 Å². The summed E-state index contributed by atoms with van der Waals surface area (Å²) in [6, 6.07) is 9.33. The maximum Gasteiger partial charge on any atom is 0.0234 e. The molecule has 2 nitrogen and oxygen atoms in total. The van der Waals surface area contributed by atoms with E-state index in [0.29, 0.717) is 5.41 Å². The molecule has 2 heterocycles. The van der Waals surface area contributed by atoms with Gasteiger partial charge in [0, 0.05) is 19.6 Å². The van der Waals surface area contributed by atoms with E-state index in [1.54, 1.807) is 5.56 Å². The summed E-state index contributed by atoms with van der Waals surface area (Å²) >= 11 is 0. The van der Waals surface area contributed by atoms with Crippen molar-refractivity contribution in [2.45, 2.75) is 38.1 Å². The molecular weight excluding hydrogens is 232 g/mol. The molecule has 0 aromatic heterocycles. The van der Waals surface area contributed by atoms with Gasteiger partial charge in [0.25, 0.3) is 0 Å². The Kier molecular flexibility index (Phi) is 2.89. The van der Waals surface area contributed by atoms with E-state index < -0.39 is 0 Å². The van der Waals surface area contributed by atoms with Crippen LogP contribution in [0, 0.1) is 5.41 Å². The van der Waals surface area contributed by atoms with Crippen LogP contribution in [0.15, 0.2) is 24.3 Å². The fourth-order valence-electron chi connectivity index (χ4n) is 3.93. The first-order valence-corrected chi connectivity index (χ1v) is 7.85. The van der Waals surface area contributed by atoms with Crippen molar-refractivity contribution in [3.63, 3.8) is 0 Å². The molecule has 1 aliphatic carbocycles. The number of hydrogen-bond acceptors (Lipinski definition) is 2. The standard InChI is InChI=1S/C17H24N2/c1-2-14(10-16(3-1)15-4-5-15)11-19-9-7-17(13-19)6-8-18-12-17/h1-3,10,15,18H,4-9,11-13H2. The molecule has 0 amide bonds. The van der Waals surface area contributed by atoms with Gasteiger partial charge in [-0.25, -0.2) is 0 Å². The van der Waals surface area contributed by atoms with Gasteiger partial charge in [-0.1, -0.05) is 24.3 Å². The number of hydrogen-bond donors (Lipinski definition) is 1. The molecule has 0 radical (unpaired) electrons. The van der Waals surface area contributed by atoms with Gasteiger partial charge in [-0.05, 0) is 61.2 Å². The number of nitrogens with one attached hydrogen (secondary N) is 1. The predicted molar refractivity (Wildman–Crippen MR) is 78.2 cm³/mol. The quantitative estimate of drug-likeness (QED) is 0.894. The molecule has 1 atom stereocenters. The van der Waals surface area contributed by atoms with Crippen LogP contribution in [0.2, 0.25) is 0 Å². The molecule has 2 aliphatic heterocycles. The fourth-order valence-corrected chi connectivity index (χ4v) is 3.93. The first-order chi connectivity index (χ1) is 9.33. The van der Waals surface area contributed by atoms with Crippen LogP contribution in [0.4, 0.5) is 0 Å². The molecule has 0 bridgehead atoms. The average molecular weight is 256 g/mol. The van der Waals surface area contributed by atoms with Crippen LogP contribution in [0.3, 0.4) is 0 Å². The zero-order chi connectivity index (χ0) is 12.7. The van der Waals surface area contributed by atoms with Gasteiger partial charge in [-0.2, -0.15) is 0 Å². The van der Waals surface area contributed by atoms with Gasteiger partial charge in [0.15, 0.2) is 0 Å². The van der Waals surface area contributed by atoms with Crippen LogP contribution in [0.5, 0.6) is 0 Å². The highest BCUT2D eigenvalue weighted by Crippen LogP contribution is 2.40. The Morgan fingerprint density at radius 2 is 2.21 bits per heavy atom. The lowest BCUT2D eigenvalue weighted by atomic mass is 9.86. The van der Waals surface area contributed by atoms with Crippen LogP contribution in [0.1, 0.15) is 42.7 Å². The number of likely N-dealkylation sites (tertiary alicyclic amines) is 1. The van der Waals surface area contributed by atoms with Crippen LogP contribution in [-0.4, -0.2) is 31.1 Å². The predicted octanol–water partition coefficient (Wildman–Crippen LogP) is 2.75. The average Bonchev–Trinajstić information content (AvgIpc) is 3.08. The summed E-state index contributed by atoms with van der Waals surface area (Å²) < 4.78 is 0. The molecule has 3 aliphatic rings. The molecule has 1 N–H and O–H groups in total. The molecular formula is C17H24N2. The minimum atomic E-state index is 0.605. The van der Waals surface area contributed by atoms with Crippen LogP contribution in [-0.2, 0) is 6.54 Å². The van der Waals surface area contributed by atoms with E-state index in [-0.39, 0.29) is 0 Å². The summed E-state index contributed by atoms with van der Waals surface area (Å²) in [5.74, 6) is 0.879. The fraction of sp³-hybridized carbons (Fsp3) is 0.647. The van der Waals surface area contributed by atoms with Gasteiger partial charge in [-0.15, -0.1) is 0 Å². The summed E-state index contributed by atoms with van der Waals surface area (Å²) in [7, 11) is 0. The lowest BCUT2D eigenvalue weighted by Crippen LogP contribution is -2.28. The van der Waals surface area contributed by atoms with E-state index in [4.69, 9.17) is 0 Å². The molecule has 1 spiro atoms. The van der Waals surface area contributed by atoms with E-state index in [2.05, 4.69) is 34.5 Å². The first kappa shape index (κ1) is 11.9. The van der Waals surface area contributed by atoms with Crippen molar-refractivity contribution >= 4 is 0 Å². The van der Waals surface area contributed by atoms with Crippen LogP contribution in [0.25, 0.3) is 0 Å². The van der Waals surface area contributed by atoms with Crippen molar-refractivity contribution in [2.24, 2.45) is 5.41 Å². The third-order valence-corrected chi connectivity index (χ3v) is 5.26. The van der Waals surface area contributed by atoms with E-state index in [1.165, 1.54) is 57.4 Å². The third kappa shape index (κ3) is 2.44. The summed E-state index contributed by atoms with van der Waals surface area (Å²) in [5, 5.41) is 3.55. The summed E-state index contributed by atoms with van der Waals surface area (Å²) in [6.45, 7) is 6.21. The smallest absolute Gasteiger partial charge is 0.0234 e. The second kappa shape index (κ2) is 4.60. The van der Waals surface area contributed by atoms with E-state index in [0.717, 1.165) is 12.5 Å². The summed E-state index contributed by atoms with van der Waals surface area (Å²) in [4.78, 5) is 2.67. The van der Waals surface area contributed by atoms with Gasteiger partial charge in [0.05, 0.1) is 0 Å². The molecule has 102 valence electrons. The minimum absolute atomic E-state index is 0.605. The Bertz CT molecular complexity index is 458. The van der Waals surface area contributed by atoms with Gasteiger partial charge in [0.1, 0.15) is 0 Å². The zero-order valence-electron chi connectivity index (χ0n) is 11.7. The lowest BCUT2D eigenvalue weighted by molar-refractivity contribution is 0.268. The van der Waals surface area contributed by atoms with E-state index >= 15 is 0 Å². The van der Waals surface area contributed by atoms with E-state index in [1.807, 2.05) is 0 Å². The third-order valence-electron chi connectivity index (χ3n) is 5.26. The van der Waals surface area contributed by atoms with Crippen molar-refractivity contribution in [3.8, 4) is 0 Å². The maximum absolute atomic E-state index is 3.55. The van der Waals surface area contributed by atoms with Gasteiger partial charge in [-0.3, -0.25) is 4.90 Å². The molecule has 19 heavy (non-hydrogen) atoms. The van der Waals surface area contributed by atoms with Gasteiger partial charge >= 0.3 is 0 Å². The second-order valence-corrected chi connectivity index (χ2v) is 6.91. The molecule has 2 saturated heterocycles. The topological polar surface area (TPSA) is 15.3 Å². The Morgan fingerprint density at radius 3 is 3.00 bits per heavy atom. The molecule has 1 saturated carbocycles. The lowest BCUT2D eigenvalue weighted by Gasteiger charge is -2.23. The van der Waals surface area contributed by atoms with Crippen molar-refractivity contribution in [2.75, 3.05) is 26.2 Å². The highest BCUT2D eigenvalue weighted by Gasteiger charge is 2.40. The monoisotopic (exact) mass is 256 g/mol. The van der Waals surface area contributed by atoms with Gasteiger partial charge in [0.2, 0.25) is 0 Å². The molecule has 2 heteroatoms. The Morgan fingerprint density at radius 1 is 1.26 bits per heavy atom. The minimum Gasteiger partial charge on any atom is -0.316 e. The summed E-state index contributed by atoms with van der Waals surface area (Å²) in [6.07, 6.45) is 5.58. The number of benzene rings is 1. The summed E-state index contributed by atoms with van der Waals surface area (Å²) in [5.41, 5.74) is 3.70. The van der Waals surface area contributed by atoms with Crippen LogP contribution >= 0.6 is 0 Å². The SMILES string of the molecule is c1cc(CN2CCC3(CCNC3)C2)cc(C2CC2)c1. The van der Waals surface area contributed by atoms with Crippen molar-refractivity contribution in [1.82, 2.24) is 10.2 Å². The Balaban J connectivity index is 1.42. The molecule has 1 unspecified atom stereocenters. The van der Waals surface area contributed by atoms with Crippen molar-refractivity contribution in [3.05, 3.63) is 35.4 Å². The maximum atomic E-state index is 3.55. The molecule has 1 aromatic rings. The zero-order valence-corrected chi connectivity index (χ0v) is 11.7. The molecule has 1 aromatic carbocycles. The first-order valence-electron chi connectivity index (χ1n) is 7.85. The Labute approximate surface area is 116 Å². The normalized spacial score (nSPS) is 31.4. The highest BCUT2D eigenvalue weighted by molar-refractivity contribution is 5.29. The number of nitrogens with zero attached hydrogens (tertiary/aromatic N) is 1. The largest absolute Gasteiger partial charge is 0.316 e. The highest BCUT2D eigenvalue weighted by atomic mass is 15.2. The van der Waals surface area contributed by atoms with Crippen molar-refractivity contribution < 1.29 is 0 Å². The second-order valence-electron chi connectivity index (χ2n) is 6.91. The van der Waals surface area contributed by atoms with Crippen molar-refractivity contribution in [1.29, 1.82) is 0 Å². The van der Waals surface area contributed by atoms with Crippen LogP contribution < -0.4 is 5.32 Å². The number of rotatable bonds is 3. The Hall–Kier alpha value is -0.860.